The molecule has 0 radical (unpaired) electrons. The molecule has 3 rings (SSSR count). The molecule has 0 saturated heterocycles. The lowest BCUT2D eigenvalue weighted by Crippen LogP contribution is -2.34. The van der Waals surface area contributed by atoms with Crippen molar-refractivity contribution in [1.82, 2.24) is 4.98 Å². The van der Waals surface area contributed by atoms with Crippen molar-refractivity contribution in [2.75, 3.05) is 5.32 Å². The molecule has 5 nitrogen and oxygen atoms in total. The summed E-state index contributed by atoms with van der Waals surface area (Å²) >= 11 is 7.44. The average Bonchev–Trinajstić information content (AvgIpc) is 3.03. The fourth-order valence-corrected chi connectivity index (χ4v) is 3.64. The number of thiazole rings is 1. The van der Waals surface area contributed by atoms with Crippen LogP contribution in [0.1, 0.15) is 12.8 Å². The molecule has 1 aliphatic carbocycles. The van der Waals surface area contributed by atoms with E-state index in [4.69, 9.17) is 11.6 Å². The minimum Gasteiger partial charge on any atom is -0.481 e. The van der Waals surface area contributed by atoms with E-state index in [0.29, 0.717) is 28.7 Å². The van der Waals surface area contributed by atoms with Crippen LogP contribution < -0.4 is 5.32 Å². The highest BCUT2D eigenvalue weighted by Gasteiger charge is 2.34. The third kappa shape index (κ3) is 3.49. The number of benzene rings is 1. The molecule has 1 heterocycles. The van der Waals surface area contributed by atoms with Crippen molar-refractivity contribution in [2.45, 2.75) is 12.8 Å². The van der Waals surface area contributed by atoms with E-state index in [1.807, 2.05) is 35.7 Å². The van der Waals surface area contributed by atoms with Crippen LogP contribution in [-0.2, 0) is 9.59 Å². The predicted molar refractivity (Wildman–Crippen MR) is 94.2 cm³/mol. The number of allylic oxidation sites excluding steroid dienone is 2. The fourth-order valence-electron chi connectivity index (χ4n) is 2.70. The Labute approximate surface area is 148 Å². The summed E-state index contributed by atoms with van der Waals surface area (Å²) in [6.45, 7) is 0. The molecule has 1 aromatic heterocycles. The topological polar surface area (TPSA) is 79.3 Å². The van der Waals surface area contributed by atoms with Gasteiger partial charge in [-0.25, -0.2) is 4.98 Å². The second-order valence-electron chi connectivity index (χ2n) is 5.50. The Morgan fingerprint density at radius 2 is 1.92 bits per heavy atom. The number of rotatable bonds is 4. The first kappa shape index (κ1) is 16.7. The zero-order valence-corrected chi connectivity index (χ0v) is 14.2. The lowest BCUT2D eigenvalue weighted by atomic mass is 9.82. The van der Waals surface area contributed by atoms with Gasteiger partial charge in [0.15, 0.2) is 5.13 Å². The molecule has 0 saturated carbocycles. The van der Waals surface area contributed by atoms with E-state index in [9.17, 15) is 14.7 Å². The van der Waals surface area contributed by atoms with E-state index in [-0.39, 0.29) is 5.91 Å². The quantitative estimate of drug-likeness (QED) is 0.803. The van der Waals surface area contributed by atoms with Crippen molar-refractivity contribution in [3.8, 4) is 11.3 Å². The summed E-state index contributed by atoms with van der Waals surface area (Å²) < 4.78 is 0. The lowest BCUT2D eigenvalue weighted by Gasteiger charge is -2.23. The number of carboxylic acids is 1. The third-order valence-electron chi connectivity index (χ3n) is 3.97. The molecule has 1 amide bonds. The second kappa shape index (κ2) is 7.15. The molecule has 0 spiro atoms. The number of hydrogen-bond acceptors (Lipinski definition) is 4. The normalized spacial score (nSPS) is 19.9. The van der Waals surface area contributed by atoms with Gasteiger partial charge in [-0.15, -0.1) is 11.3 Å². The van der Waals surface area contributed by atoms with Crippen molar-refractivity contribution < 1.29 is 14.7 Å². The van der Waals surface area contributed by atoms with Gasteiger partial charge in [0, 0.05) is 16.0 Å². The van der Waals surface area contributed by atoms with Crippen molar-refractivity contribution in [3.05, 3.63) is 46.8 Å². The molecule has 0 aliphatic heterocycles. The Morgan fingerprint density at radius 3 is 2.62 bits per heavy atom. The zero-order valence-electron chi connectivity index (χ0n) is 12.6. The maximum Gasteiger partial charge on any atom is 0.307 e. The van der Waals surface area contributed by atoms with E-state index < -0.39 is 17.8 Å². The number of anilines is 1. The number of halogens is 1. The van der Waals surface area contributed by atoms with Crippen LogP contribution in [0, 0.1) is 11.8 Å². The van der Waals surface area contributed by atoms with Gasteiger partial charge in [0.1, 0.15) is 0 Å². The molecule has 2 atom stereocenters. The van der Waals surface area contributed by atoms with Crippen LogP contribution in [0.2, 0.25) is 5.02 Å². The summed E-state index contributed by atoms with van der Waals surface area (Å²) in [5.74, 6) is -2.54. The Bertz CT molecular complexity index is 803. The first-order valence-corrected chi connectivity index (χ1v) is 8.71. The molecule has 24 heavy (non-hydrogen) atoms. The smallest absolute Gasteiger partial charge is 0.307 e. The fraction of sp³-hybridized carbons (Fsp3) is 0.235. The SMILES string of the molecule is O=C(O)C1CC=CCC1C(=O)Nc1nc(-c2ccccc2Cl)cs1. The zero-order chi connectivity index (χ0) is 17.1. The monoisotopic (exact) mass is 362 g/mol. The number of carbonyl (C=O) groups is 2. The predicted octanol–water partition coefficient (Wildman–Crippen LogP) is 4.07. The number of nitrogens with zero attached hydrogens (tertiary/aromatic N) is 1. The third-order valence-corrected chi connectivity index (χ3v) is 5.06. The summed E-state index contributed by atoms with van der Waals surface area (Å²) in [7, 11) is 0. The van der Waals surface area contributed by atoms with Crippen LogP contribution >= 0.6 is 22.9 Å². The number of hydrogen-bond donors (Lipinski definition) is 2. The van der Waals surface area contributed by atoms with Crippen LogP contribution in [-0.4, -0.2) is 22.0 Å². The molecular formula is C17H15ClN2O3S. The van der Waals surface area contributed by atoms with Gasteiger partial charge >= 0.3 is 5.97 Å². The van der Waals surface area contributed by atoms with Gasteiger partial charge in [-0.2, -0.15) is 0 Å². The second-order valence-corrected chi connectivity index (χ2v) is 6.77. The van der Waals surface area contributed by atoms with Gasteiger partial charge in [0.2, 0.25) is 5.91 Å². The molecule has 1 aromatic carbocycles. The molecule has 124 valence electrons. The van der Waals surface area contributed by atoms with Gasteiger partial charge in [-0.1, -0.05) is 42.0 Å². The Balaban J connectivity index is 1.75. The van der Waals surface area contributed by atoms with Crippen molar-refractivity contribution >= 4 is 39.9 Å². The minimum atomic E-state index is -0.949. The summed E-state index contributed by atoms with van der Waals surface area (Å²) in [5.41, 5.74) is 1.47. The maximum absolute atomic E-state index is 12.4. The lowest BCUT2D eigenvalue weighted by molar-refractivity contribution is -0.146. The van der Waals surface area contributed by atoms with Gasteiger partial charge < -0.3 is 10.4 Å². The summed E-state index contributed by atoms with van der Waals surface area (Å²) in [6, 6.07) is 7.34. The Morgan fingerprint density at radius 1 is 1.21 bits per heavy atom. The average molecular weight is 363 g/mol. The van der Waals surface area contributed by atoms with Gasteiger partial charge in [-0.05, 0) is 18.9 Å². The summed E-state index contributed by atoms with van der Waals surface area (Å²) in [4.78, 5) is 28.1. The Hall–Kier alpha value is -2.18. The highest BCUT2D eigenvalue weighted by Crippen LogP contribution is 2.32. The molecule has 2 unspecified atom stereocenters. The molecular weight excluding hydrogens is 348 g/mol. The number of nitrogens with one attached hydrogen (secondary N) is 1. The molecule has 0 bridgehead atoms. The van der Waals surface area contributed by atoms with Crippen LogP contribution in [0.5, 0.6) is 0 Å². The first-order valence-electron chi connectivity index (χ1n) is 7.45. The van der Waals surface area contributed by atoms with Crippen LogP contribution in [0.25, 0.3) is 11.3 Å². The maximum atomic E-state index is 12.4. The van der Waals surface area contributed by atoms with Gasteiger partial charge in [-0.3, -0.25) is 9.59 Å². The molecule has 0 fully saturated rings. The van der Waals surface area contributed by atoms with Crippen LogP contribution in [0.3, 0.4) is 0 Å². The minimum absolute atomic E-state index is 0.313. The van der Waals surface area contributed by atoms with E-state index in [1.165, 1.54) is 11.3 Å². The number of carbonyl (C=O) groups excluding carboxylic acids is 1. The number of aliphatic carboxylic acids is 1. The van der Waals surface area contributed by atoms with E-state index >= 15 is 0 Å². The van der Waals surface area contributed by atoms with Crippen molar-refractivity contribution in [3.63, 3.8) is 0 Å². The van der Waals surface area contributed by atoms with E-state index in [0.717, 1.165) is 5.56 Å². The number of carboxylic acid groups (broad SMARTS) is 1. The van der Waals surface area contributed by atoms with Gasteiger partial charge in [0.25, 0.3) is 0 Å². The highest BCUT2D eigenvalue weighted by atomic mass is 35.5. The van der Waals surface area contributed by atoms with Crippen LogP contribution in [0.15, 0.2) is 41.8 Å². The van der Waals surface area contributed by atoms with Crippen LogP contribution in [0.4, 0.5) is 5.13 Å². The molecule has 7 heteroatoms. The highest BCUT2D eigenvalue weighted by molar-refractivity contribution is 7.14. The largest absolute Gasteiger partial charge is 0.481 e. The Kier molecular flexibility index (Phi) is 4.97. The first-order chi connectivity index (χ1) is 11.6. The van der Waals surface area contributed by atoms with Crippen molar-refractivity contribution in [1.29, 1.82) is 0 Å². The van der Waals surface area contributed by atoms with E-state index in [1.54, 1.807) is 6.07 Å². The summed E-state index contributed by atoms with van der Waals surface area (Å²) in [5, 5.41) is 14.8. The van der Waals surface area contributed by atoms with E-state index in [2.05, 4.69) is 10.3 Å². The number of aromatic nitrogens is 1. The summed E-state index contributed by atoms with van der Waals surface area (Å²) in [6.07, 6.45) is 4.45. The standard InChI is InChI=1S/C17H15ClN2O3S/c18-13-8-4-3-7-12(13)14-9-24-17(19-14)20-15(21)10-5-1-2-6-11(10)16(22)23/h1-4,7-11H,5-6H2,(H,22,23)(H,19,20,21). The van der Waals surface area contributed by atoms with Crippen molar-refractivity contribution in [2.24, 2.45) is 11.8 Å². The number of amides is 1. The molecule has 1 aliphatic rings. The molecule has 2 N–H and O–H groups in total. The molecule has 2 aromatic rings. The van der Waals surface area contributed by atoms with Gasteiger partial charge in [0.05, 0.1) is 17.5 Å².